The van der Waals surface area contributed by atoms with Crippen LogP contribution in [0, 0.1) is 5.82 Å². The highest BCUT2D eigenvalue weighted by Crippen LogP contribution is 2.22. The summed E-state index contributed by atoms with van der Waals surface area (Å²) in [6.45, 7) is -0.118. The highest BCUT2D eigenvalue weighted by molar-refractivity contribution is 7.99. The number of nitrogens with zero attached hydrogens (tertiary/aromatic N) is 4. The molecule has 0 aliphatic rings. The molecule has 0 saturated carbocycles. The largest absolute Gasteiger partial charge is 0.461 e. The van der Waals surface area contributed by atoms with Crippen LogP contribution in [0.4, 0.5) is 10.1 Å². The van der Waals surface area contributed by atoms with Gasteiger partial charge in [-0.2, -0.15) is 0 Å². The molecule has 0 bridgehead atoms. The van der Waals surface area contributed by atoms with Gasteiger partial charge in [0.05, 0.1) is 18.6 Å². The number of amides is 2. The summed E-state index contributed by atoms with van der Waals surface area (Å²) in [5.74, 6) is 0.258. The van der Waals surface area contributed by atoms with Crippen LogP contribution in [-0.4, -0.2) is 50.8 Å². The Morgan fingerprint density at radius 3 is 2.68 bits per heavy atom. The van der Waals surface area contributed by atoms with Gasteiger partial charge in [0.15, 0.2) is 16.7 Å². The lowest BCUT2D eigenvalue weighted by Gasteiger charge is -2.16. The Bertz CT molecular complexity index is 956. The SMILES string of the molecule is CN(CC(=O)Nc1ccc(F)cc1)C(=O)CSc1nnc(-c2ccco2)n1C. The number of rotatable bonds is 7. The molecule has 1 N–H and O–H groups in total. The molecule has 2 aromatic heterocycles. The monoisotopic (exact) mass is 403 g/mol. The lowest BCUT2D eigenvalue weighted by molar-refractivity contribution is -0.131. The molecule has 1 aromatic carbocycles. The Hall–Kier alpha value is -3.14. The summed E-state index contributed by atoms with van der Waals surface area (Å²) in [6, 6.07) is 8.94. The van der Waals surface area contributed by atoms with Crippen molar-refractivity contribution in [2.45, 2.75) is 5.16 Å². The van der Waals surface area contributed by atoms with Crippen LogP contribution < -0.4 is 5.32 Å². The van der Waals surface area contributed by atoms with Gasteiger partial charge in [0.25, 0.3) is 0 Å². The van der Waals surface area contributed by atoms with Crippen LogP contribution in [0.15, 0.2) is 52.2 Å². The van der Waals surface area contributed by atoms with Crippen LogP contribution in [0.1, 0.15) is 0 Å². The van der Waals surface area contributed by atoms with Gasteiger partial charge < -0.3 is 19.2 Å². The van der Waals surface area contributed by atoms with E-state index in [4.69, 9.17) is 4.42 Å². The van der Waals surface area contributed by atoms with E-state index in [9.17, 15) is 14.0 Å². The lowest BCUT2D eigenvalue weighted by Crippen LogP contribution is -2.36. The number of aromatic nitrogens is 3. The van der Waals surface area contributed by atoms with E-state index < -0.39 is 0 Å². The summed E-state index contributed by atoms with van der Waals surface area (Å²) in [5, 5.41) is 11.3. The number of hydrogen-bond acceptors (Lipinski definition) is 6. The molecule has 0 fully saturated rings. The topological polar surface area (TPSA) is 93.3 Å². The van der Waals surface area contributed by atoms with Gasteiger partial charge in [-0.3, -0.25) is 9.59 Å². The molecule has 8 nitrogen and oxygen atoms in total. The van der Waals surface area contributed by atoms with Crippen molar-refractivity contribution in [2.75, 3.05) is 24.7 Å². The molecular weight excluding hydrogens is 385 g/mol. The number of carbonyl (C=O) groups excluding carboxylic acids is 2. The summed E-state index contributed by atoms with van der Waals surface area (Å²) in [7, 11) is 3.32. The Morgan fingerprint density at radius 2 is 2.00 bits per heavy atom. The molecule has 3 rings (SSSR count). The quantitative estimate of drug-likeness (QED) is 0.609. The van der Waals surface area contributed by atoms with Crippen LogP contribution in [0.5, 0.6) is 0 Å². The highest BCUT2D eigenvalue weighted by atomic mass is 32.2. The zero-order valence-corrected chi connectivity index (χ0v) is 16.1. The van der Waals surface area contributed by atoms with Crippen molar-refractivity contribution in [1.82, 2.24) is 19.7 Å². The molecule has 0 radical (unpaired) electrons. The maximum absolute atomic E-state index is 12.9. The maximum Gasteiger partial charge on any atom is 0.243 e. The third-order valence-electron chi connectivity index (χ3n) is 3.84. The van der Waals surface area contributed by atoms with Crippen molar-refractivity contribution in [2.24, 2.45) is 7.05 Å². The third kappa shape index (κ3) is 4.77. The number of thioether (sulfide) groups is 1. The fourth-order valence-corrected chi connectivity index (χ4v) is 3.19. The van der Waals surface area contributed by atoms with Gasteiger partial charge in [0.1, 0.15) is 5.82 Å². The van der Waals surface area contributed by atoms with Crippen LogP contribution in [0.2, 0.25) is 0 Å². The molecule has 2 heterocycles. The number of halogens is 1. The van der Waals surface area contributed by atoms with E-state index in [2.05, 4.69) is 15.5 Å². The van der Waals surface area contributed by atoms with Crippen LogP contribution >= 0.6 is 11.8 Å². The molecule has 28 heavy (non-hydrogen) atoms. The predicted octanol–water partition coefficient (Wildman–Crippen LogP) is 2.40. The first kappa shape index (κ1) is 19.6. The minimum atomic E-state index is -0.388. The number of anilines is 1. The van der Waals surface area contributed by atoms with E-state index in [-0.39, 0.29) is 29.9 Å². The fraction of sp³-hybridized carbons (Fsp3) is 0.222. The number of nitrogens with one attached hydrogen (secondary N) is 1. The molecule has 0 atom stereocenters. The molecule has 2 amide bonds. The van der Waals surface area contributed by atoms with Crippen molar-refractivity contribution >= 4 is 29.3 Å². The van der Waals surface area contributed by atoms with Gasteiger partial charge in [-0.05, 0) is 36.4 Å². The van der Waals surface area contributed by atoms with Crippen molar-refractivity contribution in [3.63, 3.8) is 0 Å². The lowest BCUT2D eigenvalue weighted by atomic mass is 10.3. The summed E-state index contributed by atoms with van der Waals surface area (Å²) >= 11 is 1.22. The number of benzene rings is 1. The summed E-state index contributed by atoms with van der Waals surface area (Å²) in [6.07, 6.45) is 1.55. The number of hydrogen-bond donors (Lipinski definition) is 1. The number of furan rings is 1. The Kier molecular flexibility index (Phi) is 6.09. The van der Waals surface area contributed by atoms with E-state index in [0.717, 1.165) is 0 Å². The van der Waals surface area contributed by atoms with Crippen molar-refractivity contribution in [3.05, 3.63) is 48.5 Å². The van der Waals surface area contributed by atoms with Crippen molar-refractivity contribution in [3.8, 4) is 11.6 Å². The Morgan fingerprint density at radius 1 is 1.25 bits per heavy atom. The first-order chi connectivity index (χ1) is 13.4. The second-order valence-electron chi connectivity index (χ2n) is 5.94. The van der Waals surface area contributed by atoms with Crippen LogP contribution in [0.3, 0.4) is 0 Å². The minimum Gasteiger partial charge on any atom is -0.461 e. The van der Waals surface area contributed by atoms with Gasteiger partial charge in [-0.15, -0.1) is 10.2 Å². The Balaban J connectivity index is 1.50. The average molecular weight is 403 g/mol. The zero-order valence-electron chi connectivity index (χ0n) is 15.3. The minimum absolute atomic E-state index is 0.102. The van der Waals surface area contributed by atoms with E-state index in [1.807, 2.05) is 0 Å². The fourth-order valence-electron chi connectivity index (χ4n) is 2.33. The second kappa shape index (κ2) is 8.70. The van der Waals surface area contributed by atoms with E-state index in [0.29, 0.717) is 22.4 Å². The highest BCUT2D eigenvalue weighted by Gasteiger charge is 2.17. The van der Waals surface area contributed by atoms with Crippen molar-refractivity contribution < 1.29 is 18.4 Å². The van der Waals surface area contributed by atoms with Crippen LogP contribution in [-0.2, 0) is 16.6 Å². The summed E-state index contributed by atoms with van der Waals surface area (Å²) in [5.41, 5.74) is 0.464. The average Bonchev–Trinajstić information content (AvgIpc) is 3.31. The van der Waals surface area contributed by atoms with E-state index >= 15 is 0 Å². The molecule has 0 aliphatic heterocycles. The Labute approximate surface area is 164 Å². The molecule has 0 spiro atoms. The maximum atomic E-state index is 12.9. The molecule has 3 aromatic rings. The van der Waals surface area contributed by atoms with E-state index in [1.165, 1.54) is 48.0 Å². The van der Waals surface area contributed by atoms with Gasteiger partial charge in [-0.25, -0.2) is 4.39 Å². The first-order valence-corrected chi connectivity index (χ1v) is 9.28. The standard InChI is InChI=1S/C18H18FN5O3S/c1-23(10-15(25)20-13-7-5-12(19)6-8-13)16(26)11-28-18-22-21-17(24(18)2)14-4-3-9-27-14/h3-9H,10-11H2,1-2H3,(H,20,25). The molecule has 0 aliphatic carbocycles. The molecule has 0 unspecified atom stereocenters. The van der Waals surface area contributed by atoms with Crippen LogP contribution in [0.25, 0.3) is 11.6 Å². The smallest absolute Gasteiger partial charge is 0.243 e. The van der Waals surface area contributed by atoms with Gasteiger partial charge in [-0.1, -0.05) is 11.8 Å². The number of likely N-dealkylation sites (N-methyl/N-ethyl adjacent to an activating group) is 1. The third-order valence-corrected chi connectivity index (χ3v) is 4.84. The predicted molar refractivity (Wildman–Crippen MR) is 102 cm³/mol. The van der Waals surface area contributed by atoms with Gasteiger partial charge in [0, 0.05) is 19.8 Å². The number of carbonyl (C=O) groups is 2. The normalized spacial score (nSPS) is 10.7. The molecular formula is C18H18FN5O3S. The first-order valence-electron chi connectivity index (χ1n) is 8.29. The molecule has 146 valence electrons. The van der Waals surface area contributed by atoms with Crippen molar-refractivity contribution in [1.29, 1.82) is 0 Å². The zero-order chi connectivity index (χ0) is 20.1. The van der Waals surface area contributed by atoms with E-state index in [1.54, 1.807) is 30.0 Å². The van der Waals surface area contributed by atoms with Gasteiger partial charge in [0.2, 0.25) is 11.8 Å². The summed E-state index contributed by atoms with van der Waals surface area (Å²) in [4.78, 5) is 25.6. The second-order valence-corrected chi connectivity index (χ2v) is 6.88. The van der Waals surface area contributed by atoms with Gasteiger partial charge >= 0.3 is 0 Å². The molecule has 10 heteroatoms. The molecule has 0 saturated heterocycles. The summed E-state index contributed by atoms with van der Waals surface area (Å²) < 4.78 is 19.9.